The fourth-order valence-electron chi connectivity index (χ4n) is 1.14. The number of halogens is 3. The fraction of sp³-hybridized carbons (Fsp3) is 0.900. The summed E-state index contributed by atoms with van der Waals surface area (Å²) in [6, 6.07) is 0.151. The van der Waals surface area contributed by atoms with Gasteiger partial charge in [-0.25, -0.2) is 4.79 Å². The molecule has 6 heteroatoms. The predicted molar refractivity (Wildman–Crippen MR) is 53.7 cm³/mol. The highest BCUT2D eigenvalue weighted by molar-refractivity contribution is 5.75. The van der Waals surface area contributed by atoms with Crippen molar-refractivity contribution in [3.05, 3.63) is 0 Å². The van der Waals surface area contributed by atoms with E-state index in [4.69, 9.17) is 5.73 Å². The summed E-state index contributed by atoms with van der Waals surface area (Å²) in [5, 5.41) is 0. The van der Waals surface area contributed by atoms with Crippen LogP contribution in [0.5, 0.6) is 0 Å². The van der Waals surface area contributed by atoms with Gasteiger partial charge in [0.15, 0.2) is 0 Å². The smallest absolute Gasteiger partial charge is 0.459 e. The fourth-order valence-corrected chi connectivity index (χ4v) is 1.14. The molecule has 3 nitrogen and oxygen atoms in total. The molecule has 0 heterocycles. The van der Waals surface area contributed by atoms with E-state index < -0.39 is 12.1 Å². The maximum Gasteiger partial charge on any atom is 0.490 e. The highest BCUT2D eigenvalue weighted by Gasteiger charge is 2.40. The van der Waals surface area contributed by atoms with Crippen LogP contribution in [0.3, 0.4) is 0 Å². The van der Waals surface area contributed by atoms with Gasteiger partial charge in [-0.05, 0) is 19.3 Å². The summed E-state index contributed by atoms with van der Waals surface area (Å²) in [6.45, 7) is 1.80. The topological polar surface area (TPSA) is 52.3 Å². The van der Waals surface area contributed by atoms with Crippen molar-refractivity contribution in [1.29, 1.82) is 0 Å². The zero-order chi connectivity index (χ0) is 12.6. The molecule has 0 saturated carbocycles. The van der Waals surface area contributed by atoms with Gasteiger partial charge < -0.3 is 10.5 Å². The van der Waals surface area contributed by atoms with E-state index in [1.807, 2.05) is 6.92 Å². The number of esters is 1. The molecule has 0 aliphatic carbocycles. The lowest BCUT2D eigenvalue weighted by Crippen LogP contribution is -2.25. The maximum atomic E-state index is 11.7. The molecule has 0 rings (SSSR count). The lowest BCUT2D eigenvalue weighted by atomic mass is 10.1. The van der Waals surface area contributed by atoms with E-state index in [0.29, 0.717) is 6.42 Å². The monoisotopic (exact) mass is 241 g/mol. The van der Waals surface area contributed by atoms with Crippen molar-refractivity contribution in [1.82, 2.24) is 0 Å². The molecule has 0 radical (unpaired) electrons. The van der Waals surface area contributed by atoms with Crippen molar-refractivity contribution in [2.24, 2.45) is 5.73 Å². The number of carbonyl (C=O) groups is 1. The van der Waals surface area contributed by atoms with Crippen LogP contribution in [0.4, 0.5) is 13.2 Å². The van der Waals surface area contributed by atoms with Crippen LogP contribution in [0.1, 0.15) is 39.0 Å². The molecule has 0 aromatic rings. The van der Waals surface area contributed by atoms with Crippen LogP contribution >= 0.6 is 0 Å². The van der Waals surface area contributed by atoms with E-state index in [0.717, 1.165) is 25.7 Å². The summed E-state index contributed by atoms with van der Waals surface area (Å²) in [5.74, 6) is -2.11. The maximum absolute atomic E-state index is 11.7. The van der Waals surface area contributed by atoms with E-state index in [-0.39, 0.29) is 12.6 Å². The predicted octanol–water partition coefficient (Wildman–Crippen LogP) is 2.39. The van der Waals surface area contributed by atoms with Crippen molar-refractivity contribution in [3.8, 4) is 0 Å². The molecule has 1 unspecified atom stereocenters. The van der Waals surface area contributed by atoms with E-state index in [2.05, 4.69) is 4.74 Å². The lowest BCUT2D eigenvalue weighted by Gasteiger charge is -2.09. The van der Waals surface area contributed by atoms with E-state index in [1.54, 1.807) is 0 Å². The van der Waals surface area contributed by atoms with Gasteiger partial charge in [-0.3, -0.25) is 0 Å². The Bertz CT molecular complexity index is 207. The second-order valence-electron chi connectivity index (χ2n) is 3.65. The number of hydrogen-bond acceptors (Lipinski definition) is 3. The molecular weight excluding hydrogens is 223 g/mol. The normalized spacial score (nSPS) is 13.6. The molecule has 1 atom stereocenters. The first-order chi connectivity index (χ1) is 7.38. The lowest BCUT2D eigenvalue weighted by molar-refractivity contribution is -0.199. The molecule has 0 spiro atoms. The largest absolute Gasteiger partial charge is 0.490 e. The van der Waals surface area contributed by atoms with Crippen LogP contribution in [-0.4, -0.2) is 24.8 Å². The zero-order valence-electron chi connectivity index (χ0n) is 9.35. The summed E-state index contributed by atoms with van der Waals surface area (Å²) in [6.07, 6.45) is -1.13. The molecule has 0 bridgehead atoms. The van der Waals surface area contributed by atoms with Gasteiger partial charge in [-0.2, -0.15) is 13.2 Å². The van der Waals surface area contributed by atoms with Gasteiger partial charge in [0.1, 0.15) is 0 Å². The first kappa shape index (κ1) is 15.2. The second-order valence-corrected chi connectivity index (χ2v) is 3.65. The number of unbranched alkanes of at least 4 members (excludes halogenated alkanes) is 2. The average molecular weight is 241 g/mol. The van der Waals surface area contributed by atoms with Gasteiger partial charge in [0.05, 0.1) is 6.61 Å². The summed E-state index contributed by atoms with van der Waals surface area (Å²) in [5.41, 5.74) is 5.66. The van der Waals surface area contributed by atoms with Gasteiger partial charge in [0.25, 0.3) is 0 Å². The van der Waals surface area contributed by atoms with Crippen molar-refractivity contribution in [3.63, 3.8) is 0 Å². The Morgan fingerprint density at radius 3 is 2.44 bits per heavy atom. The molecule has 0 fully saturated rings. The number of ether oxygens (including phenoxy) is 1. The van der Waals surface area contributed by atoms with Crippen LogP contribution in [0.25, 0.3) is 0 Å². The Labute approximate surface area is 93.1 Å². The van der Waals surface area contributed by atoms with E-state index in [9.17, 15) is 18.0 Å². The Kier molecular flexibility index (Phi) is 7.12. The molecule has 2 N–H and O–H groups in total. The zero-order valence-corrected chi connectivity index (χ0v) is 9.35. The van der Waals surface area contributed by atoms with Crippen LogP contribution in [0, 0.1) is 0 Å². The summed E-state index contributed by atoms with van der Waals surface area (Å²) in [7, 11) is 0. The summed E-state index contributed by atoms with van der Waals surface area (Å²) >= 11 is 0. The first-order valence-corrected chi connectivity index (χ1v) is 5.37. The molecule has 0 amide bonds. The van der Waals surface area contributed by atoms with Crippen LogP contribution in [0.2, 0.25) is 0 Å². The number of alkyl halides is 3. The SMILES string of the molecule is CCC(N)CCCCCOC(=O)C(F)(F)F. The molecule has 16 heavy (non-hydrogen) atoms. The third kappa shape index (κ3) is 7.50. The number of rotatable bonds is 7. The molecule has 0 aliphatic heterocycles. The van der Waals surface area contributed by atoms with Crippen LogP contribution in [0.15, 0.2) is 0 Å². The number of nitrogens with two attached hydrogens (primary N) is 1. The average Bonchev–Trinajstić information content (AvgIpc) is 2.20. The highest BCUT2D eigenvalue weighted by Crippen LogP contribution is 2.16. The molecule has 0 aliphatic rings. The Morgan fingerprint density at radius 2 is 1.94 bits per heavy atom. The number of hydrogen-bond donors (Lipinski definition) is 1. The number of carbonyl (C=O) groups excluding carboxylic acids is 1. The molecular formula is C10H18F3NO2. The van der Waals surface area contributed by atoms with Gasteiger partial charge in [0.2, 0.25) is 0 Å². The van der Waals surface area contributed by atoms with E-state index in [1.165, 1.54) is 0 Å². The molecule has 0 saturated heterocycles. The summed E-state index contributed by atoms with van der Waals surface area (Å²) in [4.78, 5) is 10.3. The Hall–Kier alpha value is -0.780. The first-order valence-electron chi connectivity index (χ1n) is 5.37. The van der Waals surface area contributed by atoms with E-state index >= 15 is 0 Å². The second kappa shape index (κ2) is 7.49. The van der Waals surface area contributed by atoms with Crippen LogP contribution < -0.4 is 5.73 Å². The summed E-state index contributed by atoms with van der Waals surface area (Å²) < 4.78 is 39.1. The minimum atomic E-state index is -4.88. The molecule has 0 aromatic carbocycles. The molecule has 0 aromatic heterocycles. The van der Waals surface area contributed by atoms with Crippen molar-refractivity contribution in [2.75, 3.05) is 6.61 Å². The molecule has 96 valence electrons. The minimum absolute atomic E-state index is 0.151. The third-order valence-corrected chi connectivity index (χ3v) is 2.21. The Morgan fingerprint density at radius 1 is 1.31 bits per heavy atom. The Balaban J connectivity index is 3.38. The van der Waals surface area contributed by atoms with Crippen LogP contribution in [-0.2, 0) is 9.53 Å². The highest BCUT2D eigenvalue weighted by atomic mass is 19.4. The van der Waals surface area contributed by atoms with Gasteiger partial charge in [-0.15, -0.1) is 0 Å². The van der Waals surface area contributed by atoms with Crippen molar-refractivity contribution in [2.45, 2.75) is 51.2 Å². The van der Waals surface area contributed by atoms with Crippen molar-refractivity contribution < 1.29 is 22.7 Å². The van der Waals surface area contributed by atoms with Gasteiger partial charge in [-0.1, -0.05) is 19.8 Å². The quantitative estimate of drug-likeness (QED) is 0.550. The standard InChI is InChI=1S/C10H18F3NO2/c1-2-8(14)6-4-3-5-7-16-9(15)10(11,12)13/h8H,2-7,14H2,1H3. The van der Waals surface area contributed by atoms with Crippen molar-refractivity contribution >= 4 is 5.97 Å². The third-order valence-electron chi connectivity index (χ3n) is 2.21. The minimum Gasteiger partial charge on any atom is -0.459 e. The van der Waals surface area contributed by atoms with Gasteiger partial charge >= 0.3 is 12.1 Å². The van der Waals surface area contributed by atoms with Gasteiger partial charge in [0, 0.05) is 6.04 Å².